The predicted octanol–water partition coefficient (Wildman–Crippen LogP) is 1.67. The molecule has 0 aliphatic carbocycles. The minimum absolute atomic E-state index is 0.0189. The average molecular weight is 373 g/mol. The van der Waals surface area contributed by atoms with Crippen LogP contribution in [-0.2, 0) is 20.8 Å². The van der Waals surface area contributed by atoms with Gasteiger partial charge in [0.15, 0.2) is 6.61 Å². The standard InChI is InChI=1S/C20H27N3O4/c1-14(2)10-19(25)22-6-3-7-23(9-8-22)20(26)12-15-4-5-17-16(11-15)21-18(24)13-27-17/h4-5,11,14H,3,6-10,12-13H2,1-2H3,(H,21,24). The summed E-state index contributed by atoms with van der Waals surface area (Å²) in [7, 11) is 0. The molecule has 7 heteroatoms. The van der Waals surface area contributed by atoms with E-state index >= 15 is 0 Å². The zero-order valence-corrected chi connectivity index (χ0v) is 16.0. The Bertz CT molecular complexity index is 732. The maximum atomic E-state index is 12.7. The summed E-state index contributed by atoms with van der Waals surface area (Å²) in [5.74, 6) is 0.984. The molecule has 7 nitrogen and oxygen atoms in total. The first-order valence-electron chi connectivity index (χ1n) is 9.53. The SMILES string of the molecule is CC(C)CC(=O)N1CCCN(C(=O)Cc2ccc3c(c2)NC(=O)CO3)CC1. The number of benzene rings is 1. The lowest BCUT2D eigenvalue weighted by Crippen LogP contribution is -2.38. The molecule has 3 amide bonds. The van der Waals surface area contributed by atoms with E-state index in [1.54, 1.807) is 12.1 Å². The summed E-state index contributed by atoms with van der Waals surface area (Å²) in [6.45, 7) is 6.62. The summed E-state index contributed by atoms with van der Waals surface area (Å²) in [6.07, 6.45) is 1.61. The number of carbonyl (C=O) groups excluding carboxylic acids is 3. The van der Waals surface area contributed by atoms with Crippen LogP contribution in [0, 0.1) is 5.92 Å². The van der Waals surface area contributed by atoms with Gasteiger partial charge in [0.25, 0.3) is 5.91 Å². The Kier molecular flexibility index (Phi) is 5.98. The van der Waals surface area contributed by atoms with Crippen molar-refractivity contribution < 1.29 is 19.1 Å². The second-order valence-corrected chi connectivity index (χ2v) is 7.56. The first-order valence-corrected chi connectivity index (χ1v) is 9.53. The van der Waals surface area contributed by atoms with Crippen LogP contribution >= 0.6 is 0 Å². The average Bonchev–Trinajstić information content (AvgIpc) is 2.87. The van der Waals surface area contributed by atoms with Crippen molar-refractivity contribution in [3.05, 3.63) is 23.8 Å². The van der Waals surface area contributed by atoms with Crippen molar-refractivity contribution in [1.29, 1.82) is 0 Å². The molecule has 0 atom stereocenters. The summed E-state index contributed by atoms with van der Waals surface area (Å²) >= 11 is 0. The Balaban J connectivity index is 1.58. The monoisotopic (exact) mass is 373 g/mol. The number of carbonyl (C=O) groups is 3. The highest BCUT2D eigenvalue weighted by Gasteiger charge is 2.23. The van der Waals surface area contributed by atoms with Crippen LogP contribution in [0.1, 0.15) is 32.3 Å². The Hall–Kier alpha value is -2.57. The molecule has 2 heterocycles. The first kappa shape index (κ1) is 19.2. The van der Waals surface area contributed by atoms with Gasteiger partial charge in [-0.2, -0.15) is 0 Å². The van der Waals surface area contributed by atoms with Crippen LogP contribution in [-0.4, -0.2) is 60.3 Å². The smallest absolute Gasteiger partial charge is 0.262 e. The highest BCUT2D eigenvalue weighted by atomic mass is 16.5. The van der Waals surface area contributed by atoms with E-state index in [0.717, 1.165) is 12.0 Å². The van der Waals surface area contributed by atoms with E-state index in [0.29, 0.717) is 50.0 Å². The zero-order chi connectivity index (χ0) is 19.4. The van der Waals surface area contributed by atoms with Gasteiger partial charge in [0.2, 0.25) is 11.8 Å². The molecule has 0 aromatic heterocycles. The van der Waals surface area contributed by atoms with Gasteiger partial charge in [0.05, 0.1) is 12.1 Å². The van der Waals surface area contributed by atoms with E-state index < -0.39 is 0 Å². The van der Waals surface area contributed by atoms with Gasteiger partial charge in [-0.15, -0.1) is 0 Å². The van der Waals surface area contributed by atoms with Gasteiger partial charge in [-0.3, -0.25) is 14.4 Å². The molecule has 1 fully saturated rings. The Morgan fingerprint density at radius 1 is 1.11 bits per heavy atom. The second-order valence-electron chi connectivity index (χ2n) is 7.56. The van der Waals surface area contributed by atoms with E-state index in [2.05, 4.69) is 5.32 Å². The van der Waals surface area contributed by atoms with Gasteiger partial charge in [0.1, 0.15) is 5.75 Å². The Morgan fingerprint density at radius 2 is 1.81 bits per heavy atom. The van der Waals surface area contributed by atoms with Crippen LogP contribution in [0.2, 0.25) is 0 Å². The van der Waals surface area contributed by atoms with Gasteiger partial charge in [-0.1, -0.05) is 19.9 Å². The van der Waals surface area contributed by atoms with Gasteiger partial charge in [-0.05, 0) is 30.0 Å². The van der Waals surface area contributed by atoms with E-state index in [-0.39, 0.29) is 30.7 Å². The normalized spacial score (nSPS) is 17.1. The summed E-state index contributed by atoms with van der Waals surface area (Å²) in [5, 5.41) is 2.76. The summed E-state index contributed by atoms with van der Waals surface area (Å²) in [5.41, 5.74) is 1.44. The molecule has 1 aromatic rings. The third-order valence-electron chi connectivity index (χ3n) is 4.82. The lowest BCUT2D eigenvalue weighted by atomic mass is 10.1. The van der Waals surface area contributed by atoms with Gasteiger partial charge in [-0.25, -0.2) is 0 Å². The van der Waals surface area contributed by atoms with Crippen molar-refractivity contribution in [3.63, 3.8) is 0 Å². The molecule has 1 aromatic carbocycles. The molecule has 0 unspecified atom stereocenters. The van der Waals surface area contributed by atoms with E-state index in [1.165, 1.54) is 0 Å². The molecule has 1 N–H and O–H groups in total. The lowest BCUT2D eigenvalue weighted by molar-refractivity contribution is -0.133. The van der Waals surface area contributed by atoms with Crippen LogP contribution in [0.15, 0.2) is 18.2 Å². The van der Waals surface area contributed by atoms with Crippen molar-refractivity contribution in [3.8, 4) is 5.75 Å². The maximum absolute atomic E-state index is 12.7. The van der Waals surface area contributed by atoms with Crippen LogP contribution in [0.4, 0.5) is 5.69 Å². The van der Waals surface area contributed by atoms with E-state index in [1.807, 2.05) is 29.7 Å². The summed E-state index contributed by atoms with van der Waals surface area (Å²) in [6, 6.07) is 5.43. The van der Waals surface area contributed by atoms with Crippen molar-refractivity contribution in [2.24, 2.45) is 5.92 Å². The van der Waals surface area contributed by atoms with Gasteiger partial charge in [0, 0.05) is 32.6 Å². The topological polar surface area (TPSA) is 79.0 Å². The number of ether oxygens (including phenoxy) is 1. The van der Waals surface area contributed by atoms with Crippen LogP contribution in [0.5, 0.6) is 5.75 Å². The molecule has 0 saturated carbocycles. The number of hydrogen-bond acceptors (Lipinski definition) is 4. The van der Waals surface area contributed by atoms with Crippen molar-refractivity contribution in [2.75, 3.05) is 38.1 Å². The number of anilines is 1. The van der Waals surface area contributed by atoms with Crippen molar-refractivity contribution in [2.45, 2.75) is 33.1 Å². The fraction of sp³-hybridized carbons (Fsp3) is 0.550. The second kappa shape index (κ2) is 8.41. The van der Waals surface area contributed by atoms with Crippen molar-refractivity contribution in [1.82, 2.24) is 9.80 Å². The third-order valence-corrected chi connectivity index (χ3v) is 4.82. The molecular formula is C20H27N3O4. The van der Waals surface area contributed by atoms with Crippen LogP contribution in [0.3, 0.4) is 0 Å². The van der Waals surface area contributed by atoms with Crippen LogP contribution < -0.4 is 10.1 Å². The molecule has 1 saturated heterocycles. The number of rotatable bonds is 4. The number of nitrogens with zero attached hydrogens (tertiary/aromatic N) is 2. The van der Waals surface area contributed by atoms with E-state index in [9.17, 15) is 14.4 Å². The molecule has 0 spiro atoms. The third kappa shape index (κ3) is 4.99. The molecule has 0 radical (unpaired) electrons. The molecule has 27 heavy (non-hydrogen) atoms. The van der Waals surface area contributed by atoms with Crippen molar-refractivity contribution >= 4 is 23.4 Å². The fourth-order valence-electron chi connectivity index (χ4n) is 3.42. The molecule has 3 rings (SSSR count). The highest BCUT2D eigenvalue weighted by molar-refractivity contribution is 5.95. The fourth-order valence-corrected chi connectivity index (χ4v) is 3.42. The number of hydrogen-bond donors (Lipinski definition) is 1. The largest absolute Gasteiger partial charge is 0.482 e. The summed E-state index contributed by atoms with van der Waals surface area (Å²) < 4.78 is 5.35. The van der Waals surface area contributed by atoms with Gasteiger partial charge >= 0.3 is 0 Å². The minimum atomic E-state index is -0.190. The zero-order valence-electron chi connectivity index (χ0n) is 16.0. The predicted molar refractivity (Wildman–Crippen MR) is 102 cm³/mol. The molecule has 146 valence electrons. The highest BCUT2D eigenvalue weighted by Crippen LogP contribution is 2.28. The number of amides is 3. The van der Waals surface area contributed by atoms with Gasteiger partial charge < -0.3 is 19.9 Å². The quantitative estimate of drug-likeness (QED) is 0.871. The molecule has 2 aliphatic rings. The Labute approximate surface area is 159 Å². The molecular weight excluding hydrogens is 346 g/mol. The minimum Gasteiger partial charge on any atom is -0.482 e. The Morgan fingerprint density at radius 3 is 2.52 bits per heavy atom. The summed E-state index contributed by atoms with van der Waals surface area (Å²) in [4.78, 5) is 40.1. The molecule has 2 aliphatic heterocycles. The lowest BCUT2D eigenvalue weighted by Gasteiger charge is -2.23. The number of fused-ring (bicyclic) bond motifs is 1. The molecule has 0 bridgehead atoms. The van der Waals surface area contributed by atoms with E-state index in [4.69, 9.17) is 4.74 Å². The first-order chi connectivity index (χ1) is 12.9. The number of nitrogens with one attached hydrogen (secondary N) is 1. The maximum Gasteiger partial charge on any atom is 0.262 e. The van der Waals surface area contributed by atoms with Crippen LogP contribution in [0.25, 0.3) is 0 Å².